The van der Waals surface area contributed by atoms with Gasteiger partial charge in [0.15, 0.2) is 5.15 Å². The first-order valence-electron chi connectivity index (χ1n) is 10.1. The third-order valence-electron chi connectivity index (χ3n) is 5.85. The van der Waals surface area contributed by atoms with E-state index in [4.69, 9.17) is 16.3 Å². The lowest BCUT2D eigenvalue weighted by molar-refractivity contribution is 0.101. The molecule has 1 fully saturated rings. The van der Waals surface area contributed by atoms with Crippen LogP contribution in [0, 0.1) is 17.2 Å². The van der Waals surface area contributed by atoms with Crippen LogP contribution in [-0.2, 0) is 0 Å². The van der Waals surface area contributed by atoms with Crippen molar-refractivity contribution in [2.24, 2.45) is 5.92 Å². The maximum Gasteiger partial charge on any atom is 0.257 e. The number of alkyl halides is 2. The molecule has 1 unspecified atom stereocenters. The van der Waals surface area contributed by atoms with E-state index in [0.717, 1.165) is 0 Å². The van der Waals surface area contributed by atoms with Crippen molar-refractivity contribution >= 4 is 33.9 Å². The summed E-state index contributed by atoms with van der Waals surface area (Å²) in [5.41, 5.74) is 2.38. The van der Waals surface area contributed by atoms with Gasteiger partial charge in [-0.2, -0.15) is 5.26 Å². The summed E-state index contributed by atoms with van der Waals surface area (Å²) in [6.45, 7) is -0.169. The van der Waals surface area contributed by atoms with E-state index in [1.807, 2.05) is 0 Å². The number of fused-ring (bicyclic) bond motifs is 1. The number of ether oxygens (including phenoxy) is 1. The number of hydrogen-bond acceptors (Lipinski definition) is 8. The molecule has 0 bridgehead atoms. The van der Waals surface area contributed by atoms with Crippen molar-refractivity contribution in [3.05, 3.63) is 59.5 Å². The smallest absolute Gasteiger partial charge is 0.257 e. The molecule has 1 aromatic heterocycles. The molecule has 1 saturated carbocycles. The summed E-state index contributed by atoms with van der Waals surface area (Å²) < 4.78 is 56.7. The van der Waals surface area contributed by atoms with Gasteiger partial charge >= 0.3 is 0 Å². The van der Waals surface area contributed by atoms with Gasteiger partial charge in [0.25, 0.3) is 11.8 Å². The Hall–Kier alpha value is -3.17. The van der Waals surface area contributed by atoms with Crippen molar-refractivity contribution in [1.29, 1.82) is 5.26 Å². The van der Waals surface area contributed by atoms with Crippen LogP contribution in [0.25, 0.3) is 11.1 Å². The molecule has 2 aliphatic rings. The highest BCUT2D eigenvalue weighted by Gasteiger charge is 2.59. The van der Waals surface area contributed by atoms with Crippen molar-refractivity contribution in [2.75, 3.05) is 22.2 Å². The second-order valence-corrected chi connectivity index (χ2v) is 10.3. The summed E-state index contributed by atoms with van der Waals surface area (Å²) in [6.07, 6.45) is 2.59. The number of aromatic nitrogens is 2. The summed E-state index contributed by atoms with van der Waals surface area (Å²) in [4.78, 5) is 7.95. The van der Waals surface area contributed by atoms with Crippen molar-refractivity contribution in [2.45, 2.75) is 12.3 Å². The second-order valence-electron chi connectivity index (χ2n) is 7.99. The van der Waals surface area contributed by atoms with Crippen LogP contribution in [0.1, 0.15) is 12.0 Å². The molecule has 12 heteroatoms. The van der Waals surface area contributed by atoms with E-state index in [-0.39, 0.29) is 24.0 Å². The van der Waals surface area contributed by atoms with Crippen molar-refractivity contribution in [3.63, 3.8) is 0 Å². The van der Waals surface area contributed by atoms with Gasteiger partial charge in [0.1, 0.15) is 5.75 Å². The molecule has 176 valence electrons. The highest BCUT2D eigenvalue weighted by molar-refractivity contribution is 8.26. The summed E-state index contributed by atoms with van der Waals surface area (Å²) in [6, 6.07) is 12.0. The highest BCUT2D eigenvalue weighted by atomic mass is 35.5. The van der Waals surface area contributed by atoms with Crippen LogP contribution in [0.4, 0.5) is 20.2 Å². The molecular weight excluding hydrogens is 488 g/mol. The Kier molecular flexibility index (Phi) is 5.29. The molecule has 0 spiro atoms. The lowest BCUT2D eigenvalue weighted by Crippen LogP contribution is -2.33. The zero-order valence-electron chi connectivity index (χ0n) is 17.7. The molecule has 1 aliphatic heterocycles. The Balaban J connectivity index is 1.51. The van der Waals surface area contributed by atoms with E-state index >= 15 is 0 Å². The number of halogens is 3. The zero-order valence-corrected chi connectivity index (χ0v) is 19.3. The molecule has 0 amide bonds. The van der Waals surface area contributed by atoms with E-state index < -0.39 is 22.8 Å². The van der Waals surface area contributed by atoms with Crippen LogP contribution in [0.15, 0.2) is 48.8 Å². The number of rotatable bonds is 5. The van der Waals surface area contributed by atoms with Gasteiger partial charge < -0.3 is 4.74 Å². The van der Waals surface area contributed by atoms with E-state index in [0.29, 0.717) is 33.8 Å². The van der Waals surface area contributed by atoms with E-state index in [2.05, 4.69) is 16.0 Å². The van der Waals surface area contributed by atoms with Crippen LogP contribution >= 0.6 is 22.6 Å². The van der Waals surface area contributed by atoms with Crippen molar-refractivity contribution in [1.82, 2.24) is 9.97 Å². The average Bonchev–Trinajstić information content (AvgIpc) is 3.38. The third-order valence-corrected chi connectivity index (χ3v) is 7.98. The fraction of sp³-hybridized carbons (Fsp3) is 0.227. The van der Waals surface area contributed by atoms with Crippen LogP contribution in [0.2, 0.25) is 5.15 Å². The Morgan fingerprint density at radius 1 is 1.21 bits per heavy atom. The first-order chi connectivity index (χ1) is 16.1. The maximum atomic E-state index is 13.5. The lowest BCUT2D eigenvalue weighted by atomic mass is 9.99. The highest BCUT2D eigenvalue weighted by Crippen LogP contribution is 2.63. The van der Waals surface area contributed by atoms with Gasteiger partial charge in [-0.3, -0.25) is 17.7 Å². The van der Waals surface area contributed by atoms with Gasteiger partial charge in [0.2, 0.25) is 0 Å². The molecule has 5 rings (SSSR count). The van der Waals surface area contributed by atoms with Gasteiger partial charge in [0.05, 0.1) is 23.0 Å². The van der Waals surface area contributed by atoms with Crippen LogP contribution in [0.3, 0.4) is 0 Å². The largest absolute Gasteiger partial charge is 0.436 e. The molecule has 34 heavy (non-hydrogen) atoms. The first-order valence-corrected chi connectivity index (χ1v) is 12.0. The van der Waals surface area contributed by atoms with Crippen LogP contribution in [0.5, 0.6) is 11.6 Å². The molecule has 2 N–H and O–H groups in total. The van der Waals surface area contributed by atoms with Gasteiger partial charge in [-0.25, -0.2) is 18.7 Å². The first kappa shape index (κ1) is 22.6. The van der Waals surface area contributed by atoms with E-state index in [1.54, 1.807) is 36.4 Å². The number of nitrogens with zero attached hydrogens (tertiary/aromatic N) is 5. The van der Waals surface area contributed by atoms with Gasteiger partial charge in [0, 0.05) is 43.9 Å². The fourth-order valence-corrected chi connectivity index (χ4v) is 5.49. The molecule has 2 aromatic carbocycles. The number of anilines is 2. The van der Waals surface area contributed by atoms with Crippen LogP contribution in [-0.4, -0.2) is 38.6 Å². The molecule has 1 atom stereocenters. The predicted octanol–water partition coefficient (Wildman–Crippen LogP) is 5.95. The monoisotopic (exact) mass is 505 g/mol. The summed E-state index contributed by atoms with van der Waals surface area (Å²) >= 11 is 6.01. The molecular formula is C22H18ClF2N5O3S. The fourth-order valence-electron chi connectivity index (χ4n) is 3.84. The maximum absolute atomic E-state index is 13.5. The lowest BCUT2D eigenvalue weighted by Gasteiger charge is -2.42. The van der Waals surface area contributed by atoms with Gasteiger partial charge in [-0.1, -0.05) is 17.7 Å². The van der Waals surface area contributed by atoms with Crippen molar-refractivity contribution < 1.29 is 22.6 Å². The number of hydrogen-bond donors (Lipinski definition) is 2. The summed E-state index contributed by atoms with van der Waals surface area (Å²) in [5, 5.41) is 9.71. The summed E-state index contributed by atoms with van der Waals surface area (Å²) in [7, 11) is -1.99. The normalized spacial score (nSPS) is 20.4. The Morgan fingerprint density at radius 3 is 2.62 bits per heavy atom. The van der Waals surface area contributed by atoms with Crippen molar-refractivity contribution in [3.8, 4) is 28.8 Å². The minimum atomic E-state index is -3.48. The molecule has 0 saturated heterocycles. The average molecular weight is 506 g/mol. The van der Waals surface area contributed by atoms with Gasteiger partial charge in [-0.15, -0.1) is 0 Å². The van der Waals surface area contributed by atoms with Crippen LogP contribution < -0.4 is 13.3 Å². The Bertz CT molecular complexity index is 1340. The molecule has 2 heterocycles. The van der Waals surface area contributed by atoms with Gasteiger partial charge in [-0.05, 0) is 46.9 Å². The minimum absolute atomic E-state index is 0.0825. The SMILES string of the molecule is CN1c2cc(-c3cc(Oc4nccnc4Cl)ccc3C#N)ccc2N(CC2CC2(F)F)S1(O)O. The standard InChI is InChI=1S/C22H18ClF2N5O3S/c1-29-19-8-13(3-5-18(19)30(34(29,31)32)12-15-10-22(15,24)25)17-9-16(4-2-14(17)11-26)33-21-20(23)27-6-7-28-21/h2-9,15,31-32H,10,12H2,1H3. The zero-order chi connectivity index (χ0) is 24.3. The second kappa shape index (κ2) is 7.95. The Morgan fingerprint density at radius 2 is 1.94 bits per heavy atom. The van der Waals surface area contributed by atoms with E-state index in [1.165, 1.54) is 28.1 Å². The predicted molar refractivity (Wildman–Crippen MR) is 125 cm³/mol. The third kappa shape index (κ3) is 3.78. The molecule has 3 aromatic rings. The summed E-state index contributed by atoms with van der Waals surface area (Å²) in [5.74, 6) is -3.24. The molecule has 0 radical (unpaired) electrons. The van der Waals surface area contributed by atoms with E-state index in [9.17, 15) is 23.1 Å². The Labute approximate surface area is 200 Å². The number of nitriles is 1. The molecule has 1 aliphatic carbocycles. The number of benzene rings is 2. The molecule has 8 nitrogen and oxygen atoms in total. The topological polar surface area (TPSA) is 106 Å². The quantitative estimate of drug-likeness (QED) is 0.438. The minimum Gasteiger partial charge on any atom is -0.436 e.